The molecule has 0 amide bonds. The maximum atomic E-state index is 10.3. The molecule has 0 bridgehead atoms. The van der Waals surface area contributed by atoms with E-state index in [1.165, 1.54) is 0 Å². The number of hydrogen-bond donors (Lipinski definition) is 1. The summed E-state index contributed by atoms with van der Waals surface area (Å²) < 4.78 is 17.9. The van der Waals surface area contributed by atoms with Crippen LogP contribution >= 0.6 is 23.9 Å². The van der Waals surface area contributed by atoms with Crippen LogP contribution < -0.4 is 67.1 Å². The van der Waals surface area contributed by atoms with Gasteiger partial charge in [-0.05, 0) is 131 Å². The molecule has 1 radical (unpaired) electrons. The van der Waals surface area contributed by atoms with E-state index in [4.69, 9.17) is 9.47 Å². The van der Waals surface area contributed by atoms with Gasteiger partial charge in [0.05, 0.1) is 52.0 Å². The molecule has 4 heterocycles. The number of nitrogens with one attached hydrogen (secondary N) is 1. The lowest BCUT2D eigenvalue weighted by Gasteiger charge is -2.42. The molecule has 7 aromatic rings. The van der Waals surface area contributed by atoms with Gasteiger partial charge in [0.2, 0.25) is 0 Å². The molecule has 0 atom stereocenters. The van der Waals surface area contributed by atoms with E-state index in [9.17, 15) is 15.8 Å². The average Bonchev–Trinajstić information content (AvgIpc) is 3.29. The minimum Gasteiger partial charge on any atom is -0.458 e. The Morgan fingerprint density at radius 1 is 0.548 bits per heavy atom. The molecule has 0 aliphatic carbocycles. The molecule has 8 nitrogen and oxygen atoms in total. The summed E-state index contributed by atoms with van der Waals surface area (Å²) in [6.45, 7) is 3.79. The summed E-state index contributed by atoms with van der Waals surface area (Å²) in [5, 5.41) is 34.0. The molecule has 1 N–H and O–H groups in total. The third-order valence-corrected chi connectivity index (χ3v) is 13.9. The van der Waals surface area contributed by atoms with Crippen LogP contribution in [0.15, 0.2) is 115 Å². The van der Waals surface area contributed by atoms with Crippen molar-refractivity contribution < 1.29 is 9.47 Å². The largest absolute Gasteiger partial charge is 0.458 e. The van der Waals surface area contributed by atoms with Crippen molar-refractivity contribution in [2.75, 3.05) is 26.4 Å². The van der Waals surface area contributed by atoms with Gasteiger partial charge in [-0.25, -0.2) is 0 Å². The fourth-order valence-corrected chi connectivity index (χ4v) is 11.1. The van der Waals surface area contributed by atoms with Crippen molar-refractivity contribution in [3.8, 4) is 41.2 Å². The lowest BCUT2D eigenvalue weighted by molar-refractivity contribution is 0.487. The Morgan fingerprint density at radius 2 is 1.13 bits per heavy atom. The van der Waals surface area contributed by atoms with Gasteiger partial charge in [0.1, 0.15) is 23.0 Å². The summed E-state index contributed by atoms with van der Waals surface area (Å²) in [6.07, 6.45) is 4.10. The van der Waals surface area contributed by atoms with Gasteiger partial charge >= 0.3 is 0 Å². The van der Waals surface area contributed by atoms with Crippen molar-refractivity contribution in [1.29, 1.82) is 15.8 Å². The Balaban J connectivity index is 1.13. The van der Waals surface area contributed by atoms with E-state index in [0.29, 0.717) is 33.9 Å². The molecule has 0 aromatic heterocycles. The van der Waals surface area contributed by atoms with Crippen LogP contribution in [0.3, 0.4) is 0 Å². The fourth-order valence-electron chi connectivity index (χ4n) is 9.70. The molecule has 11 rings (SSSR count). The Bertz CT molecular complexity index is 3230. The molecule has 4 aliphatic rings. The zero-order valence-electron chi connectivity index (χ0n) is 34.1. The Morgan fingerprint density at radius 3 is 1.79 bits per heavy atom. The molecular weight excluding hydrogens is 801 g/mol. The van der Waals surface area contributed by atoms with E-state index in [2.05, 4.69) is 95.9 Å². The van der Waals surface area contributed by atoms with Crippen LogP contribution in [-0.2, 0) is 0 Å². The third kappa shape index (κ3) is 5.72. The first-order chi connectivity index (χ1) is 30.3. The monoisotopic (exact) mass is 833 g/mol. The lowest BCUT2D eigenvalue weighted by Crippen LogP contribution is -2.63. The summed E-state index contributed by atoms with van der Waals surface area (Å²) in [5.41, 5.74) is 17.8. The Labute approximate surface area is 370 Å². The molecule has 291 valence electrons. The number of fused-ring (bicyclic) bond motifs is 8. The summed E-state index contributed by atoms with van der Waals surface area (Å²) >= 11 is 3.18. The standard InChI is InChI=1S/C49H32B3N6O2S2/c1-27-15-39-35(21-33(27)50-47-28(2)14-29(24-53)16-38(47)56-32-10-6-5-7-11-32)52-37-22-36-40(23-44(37)60-46-20-31(26-55)18-42(49(46)52)57(39)61-3)58(62-4)41-17-30(25-54)19-45-48(41)51(36)34-12-8-9-13-43(34)59-45/h5-23,56H,1-4H3. The summed E-state index contributed by atoms with van der Waals surface area (Å²) in [5.74, 6) is 2.83. The molecule has 7 aromatic carbocycles. The number of nitriles is 3. The molecule has 4 aliphatic heterocycles. The van der Waals surface area contributed by atoms with Crippen LogP contribution in [0.5, 0.6) is 23.0 Å². The Hall–Kier alpha value is -7.10. The Kier molecular flexibility index (Phi) is 8.87. The van der Waals surface area contributed by atoms with Gasteiger partial charge in [0.15, 0.2) is 7.28 Å². The SMILES string of the molecule is CSN1c2cc(C)c([B]c3c(C)cc(C#N)cc3Nc3ccccc3)cc2B2c3cc4c(cc3Oc3cc(C#N)cc1c32)N(SC)c1cc(C#N)cc2c1B4c1ccccc1O2. The first-order valence-corrected chi connectivity index (χ1v) is 22.5. The van der Waals surface area contributed by atoms with Gasteiger partial charge in [0, 0.05) is 35.6 Å². The van der Waals surface area contributed by atoms with E-state index >= 15 is 0 Å². The molecular formula is C49H32B3N6O2S2. The second-order valence-electron chi connectivity index (χ2n) is 15.8. The molecule has 13 heteroatoms. The van der Waals surface area contributed by atoms with Gasteiger partial charge in [-0.3, -0.25) is 8.61 Å². The summed E-state index contributed by atoms with van der Waals surface area (Å²) in [7, 11) is 2.23. The van der Waals surface area contributed by atoms with Crippen molar-refractivity contribution in [2.24, 2.45) is 0 Å². The molecule has 0 spiro atoms. The topological polar surface area (TPSA) is 108 Å². The van der Waals surface area contributed by atoms with E-state index in [-0.39, 0.29) is 13.4 Å². The first kappa shape index (κ1) is 37.9. The fraction of sp³-hybridized carbons (Fsp3) is 0.0816. The van der Waals surface area contributed by atoms with Crippen molar-refractivity contribution in [3.63, 3.8) is 0 Å². The average molecular weight is 833 g/mol. The van der Waals surface area contributed by atoms with Gasteiger partial charge in [0.25, 0.3) is 13.4 Å². The van der Waals surface area contributed by atoms with Crippen molar-refractivity contribution in [2.45, 2.75) is 13.8 Å². The smallest absolute Gasteiger partial charge is 0.256 e. The number of hydrogen-bond acceptors (Lipinski definition) is 10. The number of nitrogens with zero attached hydrogens (tertiary/aromatic N) is 5. The second-order valence-corrected chi connectivity index (χ2v) is 17.3. The molecule has 0 unspecified atom stereocenters. The zero-order chi connectivity index (χ0) is 42.4. The number of ether oxygens (including phenoxy) is 2. The van der Waals surface area contributed by atoms with E-state index in [1.54, 1.807) is 23.9 Å². The quantitative estimate of drug-likeness (QED) is 0.158. The van der Waals surface area contributed by atoms with Crippen LogP contribution in [0, 0.1) is 47.8 Å². The van der Waals surface area contributed by atoms with Crippen molar-refractivity contribution >= 4 is 122 Å². The van der Waals surface area contributed by atoms with Crippen molar-refractivity contribution in [1.82, 2.24) is 0 Å². The van der Waals surface area contributed by atoms with E-state index in [1.807, 2.05) is 85.1 Å². The predicted molar refractivity (Wildman–Crippen MR) is 258 cm³/mol. The highest BCUT2D eigenvalue weighted by Crippen LogP contribution is 2.44. The predicted octanol–water partition coefficient (Wildman–Crippen LogP) is 6.02. The normalized spacial score (nSPS) is 13.0. The van der Waals surface area contributed by atoms with E-state index in [0.717, 1.165) is 94.7 Å². The number of rotatable bonds is 6. The minimum absolute atomic E-state index is 0.161. The maximum Gasteiger partial charge on any atom is 0.256 e. The van der Waals surface area contributed by atoms with Crippen LogP contribution in [0.25, 0.3) is 0 Å². The molecule has 0 fully saturated rings. The summed E-state index contributed by atoms with van der Waals surface area (Å²) in [4.78, 5) is 0. The van der Waals surface area contributed by atoms with Gasteiger partial charge in [-0.1, -0.05) is 70.6 Å². The van der Waals surface area contributed by atoms with Crippen LogP contribution in [0.1, 0.15) is 27.8 Å². The van der Waals surface area contributed by atoms with Gasteiger partial charge in [-0.2, -0.15) is 15.8 Å². The molecule has 0 saturated heterocycles. The number of para-hydroxylation sites is 2. The van der Waals surface area contributed by atoms with Crippen LogP contribution in [-0.4, -0.2) is 33.2 Å². The number of aryl methyl sites for hydroxylation is 2. The van der Waals surface area contributed by atoms with Crippen molar-refractivity contribution in [3.05, 3.63) is 143 Å². The first-order valence-electron chi connectivity index (χ1n) is 20.1. The summed E-state index contributed by atoms with van der Waals surface area (Å²) in [6, 6.07) is 45.8. The highest BCUT2D eigenvalue weighted by Gasteiger charge is 2.47. The highest BCUT2D eigenvalue weighted by molar-refractivity contribution is 8.00. The lowest BCUT2D eigenvalue weighted by atomic mass is 9.31. The minimum atomic E-state index is -0.239. The third-order valence-electron chi connectivity index (χ3n) is 12.4. The molecule has 62 heavy (non-hydrogen) atoms. The van der Waals surface area contributed by atoms with Crippen LogP contribution in [0.2, 0.25) is 0 Å². The van der Waals surface area contributed by atoms with E-state index < -0.39 is 0 Å². The van der Waals surface area contributed by atoms with Gasteiger partial charge in [-0.15, -0.1) is 0 Å². The number of anilines is 6. The number of benzene rings is 7. The van der Waals surface area contributed by atoms with Crippen LogP contribution in [0.4, 0.5) is 34.1 Å². The highest BCUT2D eigenvalue weighted by atomic mass is 32.2. The zero-order valence-corrected chi connectivity index (χ0v) is 35.7. The van der Waals surface area contributed by atoms with Gasteiger partial charge < -0.3 is 14.8 Å². The maximum absolute atomic E-state index is 10.3. The molecule has 0 saturated carbocycles. The second kappa shape index (κ2) is 14.5.